The lowest BCUT2D eigenvalue weighted by atomic mass is 10.2. The van der Waals surface area contributed by atoms with Crippen LogP contribution in [0.5, 0.6) is 0 Å². The first-order chi connectivity index (χ1) is 8.56. The molecule has 2 nitrogen and oxygen atoms in total. The Bertz CT molecular complexity index is 532. The van der Waals surface area contributed by atoms with Crippen LogP contribution in [-0.2, 0) is 6.54 Å². The lowest BCUT2D eigenvalue weighted by Gasteiger charge is -2.09. The highest BCUT2D eigenvalue weighted by Gasteiger charge is 2.09. The van der Waals surface area contributed by atoms with Crippen LogP contribution in [0.4, 0.5) is 20.2 Å². The fourth-order valence-corrected chi connectivity index (χ4v) is 1.82. The van der Waals surface area contributed by atoms with Crippen molar-refractivity contribution in [2.75, 3.05) is 11.1 Å². The van der Waals surface area contributed by atoms with E-state index < -0.39 is 11.6 Å². The Balaban J connectivity index is 2.13. The second-order valence-corrected chi connectivity index (χ2v) is 4.76. The van der Waals surface area contributed by atoms with Crippen molar-refractivity contribution in [1.29, 1.82) is 0 Å². The number of benzene rings is 2. The predicted molar refractivity (Wildman–Crippen MR) is 72.2 cm³/mol. The van der Waals surface area contributed by atoms with Crippen LogP contribution in [-0.4, -0.2) is 0 Å². The molecule has 18 heavy (non-hydrogen) atoms. The smallest absolute Gasteiger partial charge is 0.151 e. The van der Waals surface area contributed by atoms with Gasteiger partial charge in [-0.2, -0.15) is 0 Å². The van der Waals surface area contributed by atoms with Gasteiger partial charge in [0.2, 0.25) is 0 Å². The van der Waals surface area contributed by atoms with Gasteiger partial charge in [0.05, 0.1) is 0 Å². The molecule has 0 fully saturated rings. The largest absolute Gasteiger partial charge is 0.399 e. The van der Waals surface area contributed by atoms with E-state index in [1.165, 1.54) is 0 Å². The Morgan fingerprint density at radius 1 is 1.06 bits per heavy atom. The first-order valence-corrected chi connectivity index (χ1v) is 6.08. The van der Waals surface area contributed by atoms with E-state index in [-0.39, 0.29) is 11.4 Å². The third-order valence-corrected chi connectivity index (χ3v) is 2.98. The Labute approximate surface area is 112 Å². The Hall–Kier alpha value is -1.62. The van der Waals surface area contributed by atoms with Gasteiger partial charge in [-0.15, -0.1) is 0 Å². The minimum atomic E-state index is -0.690. The molecular weight excluding hydrogens is 302 g/mol. The minimum Gasteiger partial charge on any atom is -0.399 e. The van der Waals surface area contributed by atoms with E-state index in [2.05, 4.69) is 21.2 Å². The normalized spacial score (nSPS) is 10.4. The summed E-state index contributed by atoms with van der Waals surface area (Å²) in [7, 11) is 0. The van der Waals surface area contributed by atoms with Crippen LogP contribution in [0.1, 0.15) is 5.56 Å². The number of hydrogen-bond donors (Lipinski definition) is 2. The van der Waals surface area contributed by atoms with Gasteiger partial charge in [-0.1, -0.05) is 28.1 Å². The SMILES string of the molecule is Nc1cc(F)c(NCc2ccc(Br)cc2)c(F)c1. The Kier molecular flexibility index (Phi) is 3.81. The van der Waals surface area contributed by atoms with Crippen molar-refractivity contribution >= 4 is 27.3 Å². The molecule has 0 amide bonds. The summed E-state index contributed by atoms with van der Waals surface area (Å²) < 4.78 is 27.9. The van der Waals surface area contributed by atoms with Crippen LogP contribution in [0.15, 0.2) is 40.9 Å². The van der Waals surface area contributed by atoms with E-state index in [0.717, 1.165) is 22.2 Å². The summed E-state index contributed by atoms with van der Waals surface area (Å²) in [5.41, 5.74) is 6.17. The molecule has 0 aliphatic heterocycles. The number of halogens is 3. The molecule has 0 saturated heterocycles. The first kappa shape index (κ1) is 12.8. The quantitative estimate of drug-likeness (QED) is 0.843. The summed E-state index contributed by atoms with van der Waals surface area (Å²) in [4.78, 5) is 0. The fourth-order valence-electron chi connectivity index (χ4n) is 1.55. The standard InChI is InChI=1S/C13H11BrF2N2/c14-9-3-1-8(2-4-9)7-18-13-11(15)5-10(17)6-12(13)16/h1-6,18H,7,17H2. The zero-order valence-electron chi connectivity index (χ0n) is 9.38. The molecule has 5 heteroatoms. The van der Waals surface area contributed by atoms with Gasteiger partial charge in [-0.3, -0.25) is 0 Å². The molecule has 0 bridgehead atoms. The van der Waals surface area contributed by atoms with Gasteiger partial charge in [0, 0.05) is 16.7 Å². The molecule has 0 radical (unpaired) electrons. The first-order valence-electron chi connectivity index (χ1n) is 5.29. The Morgan fingerprint density at radius 3 is 2.17 bits per heavy atom. The lowest BCUT2D eigenvalue weighted by molar-refractivity contribution is 0.589. The summed E-state index contributed by atoms with van der Waals surface area (Å²) in [5.74, 6) is -1.38. The van der Waals surface area contributed by atoms with Gasteiger partial charge in [0.25, 0.3) is 0 Å². The second kappa shape index (κ2) is 5.35. The van der Waals surface area contributed by atoms with Crippen LogP contribution < -0.4 is 11.1 Å². The van der Waals surface area contributed by atoms with Crippen LogP contribution in [0.25, 0.3) is 0 Å². The van der Waals surface area contributed by atoms with E-state index >= 15 is 0 Å². The van der Waals surface area contributed by atoms with Gasteiger partial charge in [0.15, 0.2) is 11.6 Å². The van der Waals surface area contributed by atoms with Crippen LogP contribution >= 0.6 is 15.9 Å². The van der Waals surface area contributed by atoms with E-state index in [1.807, 2.05) is 24.3 Å². The van der Waals surface area contributed by atoms with E-state index in [9.17, 15) is 8.78 Å². The molecule has 0 aromatic heterocycles. The van der Waals surface area contributed by atoms with Crippen molar-refractivity contribution in [1.82, 2.24) is 0 Å². The molecule has 2 aromatic rings. The number of hydrogen-bond acceptors (Lipinski definition) is 2. The molecule has 0 spiro atoms. The maximum Gasteiger partial charge on any atom is 0.151 e. The minimum absolute atomic E-state index is 0.0687. The summed E-state index contributed by atoms with van der Waals surface area (Å²) in [6, 6.07) is 9.65. The molecule has 0 unspecified atom stereocenters. The number of nitrogens with one attached hydrogen (secondary N) is 1. The molecule has 2 aromatic carbocycles. The molecular formula is C13H11BrF2N2. The average Bonchev–Trinajstić information content (AvgIpc) is 2.30. The number of nitrogen functional groups attached to an aromatic ring is 1. The zero-order valence-corrected chi connectivity index (χ0v) is 11.0. The Morgan fingerprint density at radius 2 is 1.61 bits per heavy atom. The summed E-state index contributed by atoms with van der Waals surface area (Å²) in [6.07, 6.45) is 0. The summed E-state index contributed by atoms with van der Waals surface area (Å²) in [5, 5.41) is 2.72. The van der Waals surface area contributed by atoms with E-state index in [4.69, 9.17) is 5.73 Å². The van der Waals surface area contributed by atoms with Gasteiger partial charge in [0.1, 0.15) is 5.69 Å². The van der Waals surface area contributed by atoms with Crippen molar-refractivity contribution in [2.45, 2.75) is 6.54 Å². The van der Waals surface area contributed by atoms with Gasteiger partial charge in [-0.25, -0.2) is 8.78 Å². The third kappa shape index (κ3) is 2.98. The molecule has 94 valence electrons. The highest BCUT2D eigenvalue weighted by Crippen LogP contribution is 2.22. The van der Waals surface area contributed by atoms with Crippen molar-refractivity contribution in [2.24, 2.45) is 0 Å². The number of rotatable bonds is 3. The molecule has 0 atom stereocenters. The average molecular weight is 313 g/mol. The monoisotopic (exact) mass is 312 g/mol. The third-order valence-electron chi connectivity index (χ3n) is 2.45. The predicted octanol–water partition coefficient (Wildman–Crippen LogP) is 3.92. The molecule has 0 saturated carbocycles. The van der Waals surface area contributed by atoms with Crippen molar-refractivity contribution < 1.29 is 8.78 Å². The van der Waals surface area contributed by atoms with Crippen LogP contribution in [0.3, 0.4) is 0 Å². The molecule has 0 aliphatic carbocycles. The fraction of sp³-hybridized carbons (Fsp3) is 0.0769. The van der Waals surface area contributed by atoms with Crippen molar-refractivity contribution in [3.8, 4) is 0 Å². The molecule has 0 aliphatic rings. The topological polar surface area (TPSA) is 38.0 Å². The molecule has 0 heterocycles. The summed E-state index contributed by atoms with van der Waals surface area (Å²) in [6.45, 7) is 0.338. The maximum atomic E-state index is 13.5. The second-order valence-electron chi connectivity index (χ2n) is 3.84. The van der Waals surface area contributed by atoms with Gasteiger partial charge in [-0.05, 0) is 29.8 Å². The lowest BCUT2D eigenvalue weighted by Crippen LogP contribution is -2.04. The van der Waals surface area contributed by atoms with E-state index in [0.29, 0.717) is 6.54 Å². The van der Waals surface area contributed by atoms with Crippen LogP contribution in [0.2, 0.25) is 0 Å². The number of anilines is 2. The van der Waals surface area contributed by atoms with Crippen LogP contribution in [0, 0.1) is 11.6 Å². The van der Waals surface area contributed by atoms with Crippen molar-refractivity contribution in [3.05, 3.63) is 58.1 Å². The number of nitrogens with two attached hydrogens (primary N) is 1. The summed E-state index contributed by atoms with van der Waals surface area (Å²) >= 11 is 3.32. The van der Waals surface area contributed by atoms with E-state index in [1.54, 1.807) is 0 Å². The van der Waals surface area contributed by atoms with Gasteiger partial charge < -0.3 is 11.1 Å². The highest BCUT2D eigenvalue weighted by molar-refractivity contribution is 9.10. The molecule has 3 N–H and O–H groups in total. The zero-order chi connectivity index (χ0) is 13.1. The van der Waals surface area contributed by atoms with Gasteiger partial charge >= 0.3 is 0 Å². The highest BCUT2D eigenvalue weighted by atomic mass is 79.9. The molecule has 2 rings (SSSR count). The van der Waals surface area contributed by atoms with Crippen molar-refractivity contribution in [3.63, 3.8) is 0 Å². The maximum absolute atomic E-state index is 13.5.